The number of carbonyl (C=O) groups is 2. The summed E-state index contributed by atoms with van der Waals surface area (Å²) in [5.41, 5.74) is 0.460. The van der Waals surface area contributed by atoms with Crippen molar-refractivity contribution in [3.05, 3.63) is 65.7 Å². The molecular formula is C19H17F2NO4. The average Bonchev–Trinajstić information content (AvgIpc) is 2.62. The lowest BCUT2D eigenvalue weighted by Gasteiger charge is -2.13. The quantitative estimate of drug-likeness (QED) is 0.631. The highest BCUT2D eigenvalue weighted by Gasteiger charge is 2.18. The van der Waals surface area contributed by atoms with E-state index in [4.69, 9.17) is 9.47 Å². The minimum Gasteiger partial charge on any atom is -0.496 e. The van der Waals surface area contributed by atoms with Crippen molar-refractivity contribution in [3.8, 4) is 5.75 Å². The first-order chi connectivity index (χ1) is 12.4. The summed E-state index contributed by atoms with van der Waals surface area (Å²) in [6, 6.07) is 9.77. The highest BCUT2D eigenvalue weighted by molar-refractivity contribution is 5.96. The van der Waals surface area contributed by atoms with Gasteiger partial charge in [-0.1, -0.05) is 18.2 Å². The van der Waals surface area contributed by atoms with Crippen molar-refractivity contribution in [1.82, 2.24) is 0 Å². The van der Waals surface area contributed by atoms with E-state index in [9.17, 15) is 18.4 Å². The molecule has 0 aromatic heterocycles. The van der Waals surface area contributed by atoms with Gasteiger partial charge in [-0.05, 0) is 31.2 Å². The van der Waals surface area contributed by atoms with Gasteiger partial charge in [0, 0.05) is 17.7 Å². The molecule has 7 heteroatoms. The number of anilines is 1. The zero-order valence-electron chi connectivity index (χ0n) is 14.2. The van der Waals surface area contributed by atoms with Crippen LogP contribution in [0.4, 0.5) is 14.5 Å². The van der Waals surface area contributed by atoms with Crippen LogP contribution in [0.2, 0.25) is 0 Å². The first kappa shape index (κ1) is 19.1. The molecule has 1 amide bonds. The van der Waals surface area contributed by atoms with Crippen LogP contribution in [0.5, 0.6) is 5.75 Å². The van der Waals surface area contributed by atoms with Crippen molar-refractivity contribution >= 4 is 23.6 Å². The molecule has 0 aliphatic heterocycles. The number of carbonyl (C=O) groups excluding carboxylic acids is 2. The molecule has 1 atom stereocenters. The van der Waals surface area contributed by atoms with E-state index in [1.54, 1.807) is 24.3 Å². The summed E-state index contributed by atoms with van der Waals surface area (Å²) >= 11 is 0. The number of hydrogen-bond donors (Lipinski definition) is 1. The second-order valence-corrected chi connectivity index (χ2v) is 5.27. The lowest BCUT2D eigenvalue weighted by atomic mass is 10.2. The molecule has 2 aromatic carbocycles. The fourth-order valence-corrected chi connectivity index (χ4v) is 2.05. The van der Waals surface area contributed by atoms with Gasteiger partial charge >= 0.3 is 5.97 Å². The molecule has 0 saturated heterocycles. The minimum atomic E-state index is -1.17. The predicted molar refractivity (Wildman–Crippen MR) is 92.6 cm³/mol. The Kier molecular flexibility index (Phi) is 6.43. The topological polar surface area (TPSA) is 64.6 Å². The standard InChI is InChI=1S/C19H17F2NO4/c1-12(19(24)22-16-9-8-14(20)11-15(16)21)26-18(23)10-7-13-5-3-4-6-17(13)25-2/h3-12H,1-2H3,(H,22,24)/b10-7+. The van der Waals surface area contributed by atoms with Crippen molar-refractivity contribution in [2.24, 2.45) is 0 Å². The largest absolute Gasteiger partial charge is 0.496 e. The van der Waals surface area contributed by atoms with Gasteiger partial charge in [-0.2, -0.15) is 0 Å². The molecule has 0 heterocycles. The van der Waals surface area contributed by atoms with Gasteiger partial charge in [0.15, 0.2) is 6.10 Å². The molecule has 0 spiro atoms. The van der Waals surface area contributed by atoms with Gasteiger partial charge < -0.3 is 14.8 Å². The number of ether oxygens (including phenoxy) is 2. The Bertz CT molecular complexity index is 836. The molecule has 5 nitrogen and oxygen atoms in total. The van der Waals surface area contributed by atoms with Crippen LogP contribution in [0.1, 0.15) is 12.5 Å². The van der Waals surface area contributed by atoms with Crippen molar-refractivity contribution in [3.63, 3.8) is 0 Å². The van der Waals surface area contributed by atoms with E-state index in [0.29, 0.717) is 17.4 Å². The van der Waals surface area contributed by atoms with Gasteiger partial charge in [0.25, 0.3) is 5.91 Å². The highest BCUT2D eigenvalue weighted by Crippen LogP contribution is 2.19. The molecule has 0 saturated carbocycles. The molecule has 26 heavy (non-hydrogen) atoms. The third-order valence-corrected chi connectivity index (χ3v) is 3.39. The number of hydrogen-bond acceptors (Lipinski definition) is 4. The molecule has 2 rings (SSSR count). The van der Waals surface area contributed by atoms with E-state index in [1.807, 2.05) is 0 Å². The third kappa shape index (κ3) is 5.14. The Morgan fingerprint density at radius 2 is 1.88 bits per heavy atom. The van der Waals surface area contributed by atoms with Crippen molar-refractivity contribution in [2.75, 3.05) is 12.4 Å². The average molecular weight is 361 g/mol. The molecule has 0 radical (unpaired) electrons. The summed E-state index contributed by atoms with van der Waals surface area (Å²) in [5.74, 6) is -2.60. The summed E-state index contributed by atoms with van der Waals surface area (Å²) in [7, 11) is 1.51. The highest BCUT2D eigenvalue weighted by atomic mass is 19.1. The molecule has 2 aromatic rings. The third-order valence-electron chi connectivity index (χ3n) is 3.39. The monoisotopic (exact) mass is 361 g/mol. The summed E-state index contributed by atoms with van der Waals surface area (Å²) in [6.45, 7) is 1.34. The number of rotatable bonds is 6. The molecule has 0 aliphatic rings. The summed E-state index contributed by atoms with van der Waals surface area (Å²) in [5, 5.41) is 2.23. The summed E-state index contributed by atoms with van der Waals surface area (Å²) in [4.78, 5) is 23.8. The number of amides is 1. The fourth-order valence-electron chi connectivity index (χ4n) is 2.05. The first-order valence-corrected chi connectivity index (χ1v) is 7.68. The van der Waals surface area contributed by atoms with Crippen LogP contribution in [0.3, 0.4) is 0 Å². The van der Waals surface area contributed by atoms with E-state index in [1.165, 1.54) is 20.1 Å². The molecule has 1 unspecified atom stereocenters. The van der Waals surface area contributed by atoms with Crippen LogP contribution >= 0.6 is 0 Å². The van der Waals surface area contributed by atoms with E-state index in [2.05, 4.69) is 5.32 Å². The zero-order chi connectivity index (χ0) is 19.1. The maximum absolute atomic E-state index is 13.5. The second kappa shape index (κ2) is 8.75. The number of esters is 1. The van der Waals surface area contributed by atoms with Gasteiger partial charge in [-0.15, -0.1) is 0 Å². The van der Waals surface area contributed by atoms with Crippen molar-refractivity contribution < 1.29 is 27.8 Å². The van der Waals surface area contributed by atoms with E-state index >= 15 is 0 Å². The van der Waals surface area contributed by atoms with Crippen LogP contribution in [-0.4, -0.2) is 25.1 Å². The lowest BCUT2D eigenvalue weighted by molar-refractivity contribution is -0.148. The van der Waals surface area contributed by atoms with Crippen LogP contribution in [0.15, 0.2) is 48.5 Å². The fraction of sp³-hybridized carbons (Fsp3) is 0.158. The summed E-state index contributed by atoms with van der Waals surface area (Å²) < 4.78 is 36.5. The van der Waals surface area contributed by atoms with Crippen molar-refractivity contribution in [1.29, 1.82) is 0 Å². The van der Waals surface area contributed by atoms with E-state index in [-0.39, 0.29) is 5.69 Å². The van der Waals surface area contributed by atoms with Crippen molar-refractivity contribution in [2.45, 2.75) is 13.0 Å². The van der Waals surface area contributed by atoms with Gasteiger partial charge in [0.1, 0.15) is 17.4 Å². The molecule has 0 bridgehead atoms. The Balaban J connectivity index is 1.95. The SMILES string of the molecule is COc1ccccc1/C=C/C(=O)OC(C)C(=O)Nc1ccc(F)cc1F. The first-order valence-electron chi connectivity index (χ1n) is 7.68. The van der Waals surface area contributed by atoms with E-state index < -0.39 is 29.6 Å². The van der Waals surface area contributed by atoms with Crippen LogP contribution in [0.25, 0.3) is 6.08 Å². The Labute approximate surface area is 149 Å². The normalized spacial score (nSPS) is 11.8. The van der Waals surface area contributed by atoms with Gasteiger partial charge in [-0.3, -0.25) is 4.79 Å². The smallest absolute Gasteiger partial charge is 0.331 e. The van der Waals surface area contributed by atoms with Crippen LogP contribution in [0, 0.1) is 11.6 Å². The molecule has 0 aliphatic carbocycles. The van der Waals surface area contributed by atoms with E-state index in [0.717, 1.165) is 18.2 Å². The Morgan fingerprint density at radius 3 is 2.58 bits per heavy atom. The molecule has 0 fully saturated rings. The predicted octanol–water partition coefficient (Wildman–Crippen LogP) is 3.56. The van der Waals surface area contributed by atoms with Gasteiger partial charge in [-0.25, -0.2) is 13.6 Å². The second-order valence-electron chi connectivity index (χ2n) is 5.27. The number of nitrogens with one attached hydrogen (secondary N) is 1. The maximum atomic E-state index is 13.5. The molecule has 1 N–H and O–H groups in total. The number of benzene rings is 2. The maximum Gasteiger partial charge on any atom is 0.331 e. The lowest BCUT2D eigenvalue weighted by Crippen LogP contribution is -2.29. The number of methoxy groups -OCH3 is 1. The molecular weight excluding hydrogens is 344 g/mol. The number of para-hydroxylation sites is 1. The van der Waals surface area contributed by atoms with Gasteiger partial charge in [0.2, 0.25) is 0 Å². The zero-order valence-corrected chi connectivity index (χ0v) is 14.2. The van der Waals surface area contributed by atoms with Crippen LogP contribution in [-0.2, 0) is 14.3 Å². The number of halogens is 2. The van der Waals surface area contributed by atoms with Gasteiger partial charge in [0.05, 0.1) is 12.8 Å². The minimum absolute atomic E-state index is 0.205. The Hall–Kier alpha value is -3.22. The summed E-state index contributed by atoms with van der Waals surface area (Å²) in [6.07, 6.45) is 1.47. The molecule has 136 valence electrons. The Morgan fingerprint density at radius 1 is 1.15 bits per heavy atom. The van der Waals surface area contributed by atoms with Crippen LogP contribution < -0.4 is 10.1 Å².